The van der Waals surface area contributed by atoms with Crippen molar-refractivity contribution in [1.29, 1.82) is 0 Å². The number of rotatable bonds is 7. The number of amides is 1. The molecule has 1 saturated heterocycles. The van der Waals surface area contributed by atoms with Crippen LogP contribution in [-0.4, -0.2) is 83.6 Å². The van der Waals surface area contributed by atoms with Crippen LogP contribution in [0.15, 0.2) is 35.5 Å². The van der Waals surface area contributed by atoms with Gasteiger partial charge in [0.05, 0.1) is 12.5 Å². The molecule has 1 spiro atoms. The standard InChI is InChI=1S/C25H34N2O7/c1-14(2)22(24(31)32)26-19(29)6-7-20(30)33-16-8-9-25-10-11-27(3)13-15-4-5-17(28)23(21(15)25)34-18(25)12-16/h4-5,8-9,14,16-18,22-23,28H,6-7,10-13H2,1-3H3,(H,26,29)(H,31,32)/t16-,17?,18-,22?,23?,25-/m0/s1. The smallest absolute Gasteiger partial charge is 0.326 e. The highest BCUT2D eigenvalue weighted by atomic mass is 16.6. The third-order valence-corrected chi connectivity index (χ3v) is 7.31. The van der Waals surface area contributed by atoms with Crippen LogP contribution in [0.25, 0.3) is 0 Å². The van der Waals surface area contributed by atoms with Gasteiger partial charge in [0.15, 0.2) is 0 Å². The number of esters is 1. The molecule has 0 aromatic heterocycles. The fraction of sp³-hybridized carbons (Fsp3) is 0.640. The van der Waals surface area contributed by atoms with Crippen molar-refractivity contribution in [2.75, 3.05) is 20.1 Å². The van der Waals surface area contributed by atoms with Gasteiger partial charge < -0.3 is 29.9 Å². The van der Waals surface area contributed by atoms with E-state index in [4.69, 9.17) is 9.47 Å². The zero-order valence-electron chi connectivity index (χ0n) is 19.9. The molecule has 0 saturated carbocycles. The lowest BCUT2D eigenvalue weighted by molar-refractivity contribution is -0.150. The Balaban J connectivity index is 1.38. The second kappa shape index (κ2) is 9.64. The van der Waals surface area contributed by atoms with Crippen molar-refractivity contribution in [2.45, 2.75) is 70.0 Å². The van der Waals surface area contributed by atoms with Gasteiger partial charge in [0.2, 0.25) is 5.91 Å². The second-order valence-electron chi connectivity index (χ2n) is 10.1. The van der Waals surface area contributed by atoms with Crippen LogP contribution in [-0.2, 0) is 23.9 Å². The quantitative estimate of drug-likeness (QED) is 0.371. The van der Waals surface area contributed by atoms with Crippen LogP contribution in [0.5, 0.6) is 0 Å². The Bertz CT molecular complexity index is 940. The Hall–Kier alpha value is -2.49. The number of aliphatic hydroxyl groups is 1. The summed E-state index contributed by atoms with van der Waals surface area (Å²) in [5.74, 6) is -2.39. The monoisotopic (exact) mass is 474 g/mol. The van der Waals surface area contributed by atoms with Gasteiger partial charge in [0, 0.05) is 24.8 Å². The van der Waals surface area contributed by atoms with E-state index in [9.17, 15) is 24.6 Å². The molecular weight excluding hydrogens is 440 g/mol. The lowest BCUT2D eigenvalue weighted by Gasteiger charge is -2.37. The van der Waals surface area contributed by atoms with Crippen molar-refractivity contribution in [3.05, 3.63) is 35.5 Å². The molecule has 9 nitrogen and oxygen atoms in total. The minimum Gasteiger partial charge on any atom is -0.480 e. The maximum Gasteiger partial charge on any atom is 0.326 e. The predicted octanol–water partition coefficient (Wildman–Crippen LogP) is 1.18. The van der Waals surface area contributed by atoms with E-state index >= 15 is 0 Å². The van der Waals surface area contributed by atoms with Gasteiger partial charge in [-0.15, -0.1) is 0 Å². The number of carboxylic acids is 1. The van der Waals surface area contributed by atoms with Crippen LogP contribution in [0.2, 0.25) is 0 Å². The molecule has 6 atom stereocenters. The van der Waals surface area contributed by atoms with Crippen LogP contribution >= 0.6 is 0 Å². The summed E-state index contributed by atoms with van der Waals surface area (Å²) >= 11 is 0. The Morgan fingerprint density at radius 3 is 2.76 bits per heavy atom. The maximum absolute atomic E-state index is 12.4. The first kappa shape index (κ1) is 24.6. The van der Waals surface area contributed by atoms with E-state index in [1.165, 1.54) is 5.57 Å². The zero-order chi connectivity index (χ0) is 24.6. The number of hydrogen-bond acceptors (Lipinski definition) is 7. The second-order valence-corrected chi connectivity index (χ2v) is 10.1. The van der Waals surface area contributed by atoms with E-state index in [0.717, 1.165) is 25.1 Å². The summed E-state index contributed by atoms with van der Waals surface area (Å²) in [6.07, 6.45) is 7.07. The summed E-state index contributed by atoms with van der Waals surface area (Å²) in [5, 5.41) is 22.2. The summed E-state index contributed by atoms with van der Waals surface area (Å²) in [6, 6.07) is -0.994. The van der Waals surface area contributed by atoms with E-state index in [0.29, 0.717) is 6.42 Å². The summed E-state index contributed by atoms with van der Waals surface area (Å²) in [7, 11) is 2.09. The number of likely N-dealkylation sites (N-methyl/N-ethyl adjacent to an activating group) is 1. The molecule has 34 heavy (non-hydrogen) atoms. The number of aliphatic carboxylic acids is 1. The first-order valence-corrected chi connectivity index (χ1v) is 12.0. The number of carboxylic acid groups (broad SMARTS) is 1. The number of aliphatic hydroxyl groups excluding tert-OH is 1. The molecule has 0 aromatic rings. The van der Waals surface area contributed by atoms with Gasteiger partial charge in [0.1, 0.15) is 24.4 Å². The van der Waals surface area contributed by atoms with Crippen molar-refractivity contribution >= 4 is 17.8 Å². The van der Waals surface area contributed by atoms with E-state index in [2.05, 4.69) is 23.3 Å². The molecule has 4 aliphatic rings. The molecule has 0 bridgehead atoms. The van der Waals surface area contributed by atoms with Gasteiger partial charge in [-0.05, 0) is 43.2 Å². The number of nitrogens with zero attached hydrogens (tertiary/aromatic N) is 1. The number of ether oxygens (including phenoxy) is 2. The van der Waals surface area contributed by atoms with Crippen molar-refractivity contribution in [3.63, 3.8) is 0 Å². The normalized spacial score (nSPS) is 33.2. The van der Waals surface area contributed by atoms with Gasteiger partial charge in [0.25, 0.3) is 0 Å². The summed E-state index contributed by atoms with van der Waals surface area (Å²) in [4.78, 5) is 38.0. The van der Waals surface area contributed by atoms with Crippen molar-refractivity contribution < 1.29 is 34.1 Å². The molecule has 9 heteroatoms. The molecule has 3 unspecified atom stereocenters. The molecule has 186 valence electrons. The maximum atomic E-state index is 12.4. The average molecular weight is 475 g/mol. The van der Waals surface area contributed by atoms with E-state index in [1.807, 2.05) is 12.2 Å². The number of nitrogens with one attached hydrogen (secondary N) is 1. The highest BCUT2D eigenvalue weighted by Gasteiger charge is 2.56. The SMILES string of the molecule is CC(C)C(NC(=O)CCC(=O)O[C@H]1C=C[C@@]23CCN(C)CC4=C2C(O[C@H]3C1)C(O)C=C4)C(=O)O. The molecule has 4 rings (SSSR count). The molecular formula is C25H34N2O7. The van der Waals surface area contributed by atoms with Crippen molar-refractivity contribution in [1.82, 2.24) is 10.2 Å². The van der Waals surface area contributed by atoms with E-state index in [1.54, 1.807) is 19.9 Å². The van der Waals surface area contributed by atoms with Crippen LogP contribution in [0.1, 0.15) is 39.5 Å². The van der Waals surface area contributed by atoms with Crippen LogP contribution in [0.3, 0.4) is 0 Å². The molecule has 3 N–H and O–H groups in total. The Labute approximate surface area is 199 Å². The highest BCUT2D eigenvalue weighted by Crippen LogP contribution is 2.55. The third-order valence-electron chi connectivity index (χ3n) is 7.31. The van der Waals surface area contributed by atoms with Gasteiger partial charge >= 0.3 is 11.9 Å². The molecule has 1 amide bonds. The summed E-state index contributed by atoms with van der Waals surface area (Å²) in [5.41, 5.74) is 2.01. The largest absolute Gasteiger partial charge is 0.480 e. The van der Waals surface area contributed by atoms with Crippen molar-refractivity contribution in [3.8, 4) is 0 Å². The summed E-state index contributed by atoms with van der Waals surface area (Å²) < 4.78 is 11.9. The minimum atomic E-state index is -1.10. The Kier molecular flexibility index (Phi) is 6.98. The fourth-order valence-corrected chi connectivity index (χ4v) is 5.53. The van der Waals surface area contributed by atoms with Gasteiger partial charge in [-0.3, -0.25) is 9.59 Å². The zero-order valence-corrected chi connectivity index (χ0v) is 19.9. The molecule has 2 heterocycles. The van der Waals surface area contributed by atoms with E-state index in [-0.39, 0.29) is 36.4 Å². The highest BCUT2D eigenvalue weighted by molar-refractivity contribution is 5.85. The van der Waals surface area contributed by atoms with Crippen LogP contribution in [0.4, 0.5) is 0 Å². The topological polar surface area (TPSA) is 125 Å². The first-order chi connectivity index (χ1) is 16.1. The average Bonchev–Trinajstić information content (AvgIpc) is 3.04. The van der Waals surface area contributed by atoms with E-state index < -0.39 is 36.1 Å². The van der Waals surface area contributed by atoms with Gasteiger partial charge in [-0.2, -0.15) is 0 Å². The Morgan fingerprint density at radius 1 is 1.29 bits per heavy atom. The van der Waals surface area contributed by atoms with Gasteiger partial charge in [-0.1, -0.05) is 32.1 Å². The first-order valence-electron chi connectivity index (χ1n) is 12.0. The molecule has 0 aromatic carbocycles. The van der Waals surface area contributed by atoms with Crippen LogP contribution < -0.4 is 5.32 Å². The molecule has 1 fully saturated rings. The third kappa shape index (κ3) is 4.69. The minimum absolute atomic E-state index is 0.136. The number of carbonyl (C=O) groups is 3. The lowest BCUT2D eigenvalue weighted by Crippen LogP contribution is -2.44. The molecule has 2 aliphatic heterocycles. The van der Waals surface area contributed by atoms with Crippen LogP contribution in [0, 0.1) is 11.3 Å². The van der Waals surface area contributed by atoms with Crippen molar-refractivity contribution in [2.24, 2.45) is 11.3 Å². The molecule has 0 radical (unpaired) electrons. The Morgan fingerprint density at radius 2 is 2.06 bits per heavy atom. The summed E-state index contributed by atoms with van der Waals surface area (Å²) in [6.45, 7) is 5.11. The number of carbonyl (C=O) groups excluding carboxylic acids is 2. The number of hydrogen-bond donors (Lipinski definition) is 3. The fourth-order valence-electron chi connectivity index (χ4n) is 5.53. The van der Waals surface area contributed by atoms with Gasteiger partial charge in [-0.25, -0.2) is 4.79 Å². The molecule has 2 aliphatic carbocycles. The lowest BCUT2D eigenvalue weighted by atomic mass is 9.66. The predicted molar refractivity (Wildman–Crippen MR) is 123 cm³/mol.